The molecule has 0 heterocycles. The zero-order valence-corrected chi connectivity index (χ0v) is 6.99. The number of benzene rings is 1. The SMILES string of the molecule is O=Nc1cc([N+](=O)[O-])cc(C(F)(F)F)c1. The Morgan fingerprint density at radius 2 is 1.87 bits per heavy atom. The summed E-state index contributed by atoms with van der Waals surface area (Å²) in [7, 11) is 0. The third kappa shape index (κ3) is 2.48. The Balaban J connectivity index is 3.36. The predicted octanol–water partition coefficient (Wildman–Crippen LogP) is 3.01. The molecule has 1 rings (SSSR count). The number of nitroso groups, excluding NO2 is 1. The first-order chi connectivity index (χ1) is 6.84. The summed E-state index contributed by atoms with van der Waals surface area (Å²) in [6.07, 6.45) is -4.74. The monoisotopic (exact) mass is 220 g/mol. The first-order valence-electron chi connectivity index (χ1n) is 3.54. The van der Waals surface area contributed by atoms with Gasteiger partial charge in [0.05, 0.1) is 10.5 Å². The van der Waals surface area contributed by atoms with Crippen LogP contribution < -0.4 is 0 Å². The minimum absolute atomic E-state index is 0.342. The Labute approximate surface area is 80.6 Å². The summed E-state index contributed by atoms with van der Waals surface area (Å²) in [5.74, 6) is 0. The highest BCUT2D eigenvalue weighted by atomic mass is 19.4. The summed E-state index contributed by atoms with van der Waals surface area (Å²) in [6.45, 7) is 0. The zero-order valence-electron chi connectivity index (χ0n) is 6.99. The summed E-state index contributed by atoms with van der Waals surface area (Å²) in [6, 6.07) is 1.46. The fourth-order valence-electron chi connectivity index (χ4n) is 0.917. The summed E-state index contributed by atoms with van der Waals surface area (Å²) < 4.78 is 36.5. The van der Waals surface area contributed by atoms with Gasteiger partial charge < -0.3 is 0 Å². The maximum Gasteiger partial charge on any atom is 0.416 e. The molecule has 0 aliphatic heterocycles. The lowest BCUT2D eigenvalue weighted by Gasteiger charge is -2.05. The van der Waals surface area contributed by atoms with Crippen LogP contribution in [0.4, 0.5) is 24.5 Å². The molecule has 0 saturated heterocycles. The van der Waals surface area contributed by atoms with Crippen molar-refractivity contribution in [1.82, 2.24) is 0 Å². The van der Waals surface area contributed by atoms with Crippen LogP contribution in [0.3, 0.4) is 0 Å². The van der Waals surface area contributed by atoms with E-state index in [2.05, 4.69) is 5.18 Å². The van der Waals surface area contributed by atoms with Crippen molar-refractivity contribution in [1.29, 1.82) is 0 Å². The molecule has 0 radical (unpaired) electrons. The number of nitro benzene ring substituents is 1. The van der Waals surface area contributed by atoms with Gasteiger partial charge in [-0.25, -0.2) is 0 Å². The van der Waals surface area contributed by atoms with E-state index in [4.69, 9.17) is 0 Å². The van der Waals surface area contributed by atoms with E-state index in [1.54, 1.807) is 0 Å². The second-order valence-electron chi connectivity index (χ2n) is 2.58. The molecule has 0 fully saturated rings. The normalized spacial score (nSPS) is 11.1. The van der Waals surface area contributed by atoms with Crippen molar-refractivity contribution in [3.63, 3.8) is 0 Å². The fraction of sp³-hybridized carbons (Fsp3) is 0.143. The average Bonchev–Trinajstić information content (AvgIpc) is 2.15. The highest BCUT2D eigenvalue weighted by Gasteiger charge is 2.32. The Morgan fingerprint density at radius 1 is 1.27 bits per heavy atom. The van der Waals surface area contributed by atoms with Crippen LogP contribution in [0.25, 0.3) is 0 Å². The van der Waals surface area contributed by atoms with Crippen LogP contribution in [0.1, 0.15) is 5.56 Å². The van der Waals surface area contributed by atoms with E-state index < -0.39 is 28.0 Å². The average molecular weight is 220 g/mol. The molecule has 0 bridgehead atoms. The van der Waals surface area contributed by atoms with Crippen molar-refractivity contribution in [2.24, 2.45) is 5.18 Å². The van der Waals surface area contributed by atoms with Crippen LogP contribution in [-0.4, -0.2) is 4.92 Å². The van der Waals surface area contributed by atoms with Crippen molar-refractivity contribution < 1.29 is 18.1 Å². The van der Waals surface area contributed by atoms with Crippen LogP contribution >= 0.6 is 0 Å². The van der Waals surface area contributed by atoms with Crippen LogP contribution in [0.15, 0.2) is 23.4 Å². The Hall–Kier alpha value is -1.99. The summed E-state index contributed by atoms with van der Waals surface area (Å²) in [4.78, 5) is 19.2. The minimum Gasteiger partial charge on any atom is -0.258 e. The molecule has 0 amide bonds. The van der Waals surface area contributed by atoms with Crippen LogP contribution in [0, 0.1) is 15.0 Å². The van der Waals surface area contributed by atoms with Gasteiger partial charge in [0.25, 0.3) is 5.69 Å². The molecule has 0 atom stereocenters. The Morgan fingerprint density at radius 3 is 2.27 bits per heavy atom. The van der Waals surface area contributed by atoms with Gasteiger partial charge in [-0.15, -0.1) is 4.91 Å². The molecular formula is C7H3F3N2O3. The number of hydrogen-bond donors (Lipinski definition) is 0. The molecule has 1 aromatic rings. The van der Waals surface area contributed by atoms with Crippen molar-refractivity contribution in [3.8, 4) is 0 Å². The molecule has 0 unspecified atom stereocenters. The number of alkyl halides is 3. The maximum absolute atomic E-state index is 12.2. The highest BCUT2D eigenvalue weighted by molar-refractivity contribution is 5.50. The lowest BCUT2D eigenvalue weighted by Crippen LogP contribution is -2.05. The summed E-state index contributed by atoms with van der Waals surface area (Å²) in [5, 5.41) is 12.5. The molecule has 8 heteroatoms. The Kier molecular flexibility index (Phi) is 2.69. The van der Waals surface area contributed by atoms with Gasteiger partial charge in [0.1, 0.15) is 5.69 Å². The number of rotatable bonds is 2. The second-order valence-corrected chi connectivity index (χ2v) is 2.58. The van der Waals surface area contributed by atoms with Crippen LogP contribution in [0.5, 0.6) is 0 Å². The maximum atomic E-state index is 12.2. The van der Waals surface area contributed by atoms with Crippen molar-refractivity contribution in [3.05, 3.63) is 38.8 Å². The third-order valence-electron chi connectivity index (χ3n) is 1.55. The van der Waals surface area contributed by atoms with Gasteiger partial charge in [0.2, 0.25) is 0 Å². The van der Waals surface area contributed by atoms with E-state index >= 15 is 0 Å². The Bertz CT molecular complexity index is 416. The number of non-ortho nitro benzene ring substituents is 1. The van der Waals surface area contributed by atoms with E-state index in [0.29, 0.717) is 18.2 Å². The number of halogens is 3. The predicted molar refractivity (Wildman–Crippen MR) is 43.6 cm³/mol. The van der Waals surface area contributed by atoms with Gasteiger partial charge in [-0.3, -0.25) is 10.1 Å². The van der Waals surface area contributed by atoms with Crippen LogP contribution in [-0.2, 0) is 6.18 Å². The molecule has 1 aromatic carbocycles. The summed E-state index contributed by atoms with van der Waals surface area (Å²) in [5.41, 5.74) is -2.72. The van der Waals surface area contributed by atoms with Gasteiger partial charge in [0, 0.05) is 12.1 Å². The summed E-state index contributed by atoms with van der Waals surface area (Å²) >= 11 is 0. The molecule has 0 N–H and O–H groups in total. The minimum atomic E-state index is -4.74. The van der Waals surface area contributed by atoms with Gasteiger partial charge in [-0.1, -0.05) is 0 Å². The lowest BCUT2D eigenvalue weighted by atomic mass is 10.1. The second kappa shape index (κ2) is 3.64. The lowest BCUT2D eigenvalue weighted by molar-refractivity contribution is -0.385. The molecule has 0 aliphatic rings. The molecule has 80 valence electrons. The van der Waals surface area contributed by atoms with Gasteiger partial charge in [-0.2, -0.15) is 13.2 Å². The molecule has 0 spiro atoms. The van der Waals surface area contributed by atoms with Gasteiger partial charge in [-0.05, 0) is 11.2 Å². The molecule has 15 heavy (non-hydrogen) atoms. The fourth-order valence-corrected chi connectivity index (χ4v) is 0.917. The quantitative estimate of drug-likeness (QED) is 0.436. The smallest absolute Gasteiger partial charge is 0.258 e. The molecule has 5 nitrogen and oxygen atoms in total. The largest absolute Gasteiger partial charge is 0.416 e. The molecule has 0 aliphatic carbocycles. The van der Waals surface area contributed by atoms with E-state index in [1.165, 1.54) is 0 Å². The van der Waals surface area contributed by atoms with E-state index in [-0.39, 0.29) is 0 Å². The highest BCUT2D eigenvalue weighted by Crippen LogP contribution is 2.34. The molecule has 0 aromatic heterocycles. The number of nitrogens with zero attached hydrogens (tertiary/aromatic N) is 2. The zero-order chi connectivity index (χ0) is 11.6. The van der Waals surface area contributed by atoms with E-state index in [9.17, 15) is 28.2 Å². The number of nitro groups is 1. The third-order valence-corrected chi connectivity index (χ3v) is 1.55. The van der Waals surface area contributed by atoms with Gasteiger partial charge in [0.15, 0.2) is 0 Å². The first kappa shape index (κ1) is 11.1. The van der Waals surface area contributed by atoms with Crippen LogP contribution in [0.2, 0.25) is 0 Å². The van der Waals surface area contributed by atoms with Gasteiger partial charge >= 0.3 is 6.18 Å². The van der Waals surface area contributed by atoms with E-state index in [0.717, 1.165) is 0 Å². The molecule has 0 saturated carbocycles. The first-order valence-corrected chi connectivity index (χ1v) is 3.54. The standard InChI is InChI=1S/C7H3F3N2O3/c8-7(9,10)4-1-5(11-13)3-6(2-4)12(14)15/h1-3H. The molecular weight excluding hydrogens is 217 g/mol. The topological polar surface area (TPSA) is 72.6 Å². The van der Waals surface area contributed by atoms with Crippen molar-refractivity contribution >= 4 is 11.4 Å². The van der Waals surface area contributed by atoms with E-state index in [1.807, 2.05) is 0 Å². The van der Waals surface area contributed by atoms with Crippen molar-refractivity contribution in [2.75, 3.05) is 0 Å². The van der Waals surface area contributed by atoms with Crippen molar-refractivity contribution in [2.45, 2.75) is 6.18 Å². The number of hydrogen-bond acceptors (Lipinski definition) is 4.